The quantitative estimate of drug-likeness (QED) is 0.0661. The molecule has 0 radical (unpaired) electrons. The maximum atomic E-state index is 13.4. The molecule has 6 atom stereocenters. The van der Waals surface area contributed by atoms with Crippen molar-refractivity contribution in [1.82, 2.24) is 30.2 Å². The van der Waals surface area contributed by atoms with Crippen molar-refractivity contribution in [1.29, 1.82) is 0 Å². The number of nitrogens with zero attached hydrogens (tertiary/aromatic N) is 4. The zero-order valence-electron chi connectivity index (χ0n) is 47.3. The minimum atomic E-state index is -4.67. The average molecular weight is 1140 g/mol. The second-order valence-electron chi connectivity index (χ2n) is 19.5. The van der Waals surface area contributed by atoms with Crippen molar-refractivity contribution in [2.75, 3.05) is 108 Å². The van der Waals surface area contributed by atoms with Crippen molar-refractivity contribution in [2.24, 2.45) is 11.8 Å². The Morgan fingerprint density at radius 2 is 0.848 bits per heavy atom. The molecule has 4 aliphatic rings. The van der Waals surface area contributed by atoms with Gasteiger partial charge in [0.15, 0.2) is 47.4 Å². The molecule has 0 saturated carbocycles. The molecule has 4 aliphatic heterocycles. The number of esters is 2. The van der Waals surface area contributed by atoms with E-state index in [0.29, 0.717) is 113 Å². The Bertz CT molecular complexity index is 2320. The zero-order valence-corrected chi connectivity index (χ0v) is 48.1. The molecule has 79 heavy (non-hydrogen) atoms. The van der Waals surface area contributed by atoms with E-state index in [2.05, 4.69) is 20.4 Å². The molecule has 0 aliphatic carbocycles. The number of rotatable bonds is 24. The van der Waals surface area contributed by atoms with E-state index in [-0.39, 0.29) is 36.9 Å². The van der Waals surface area contributed by atoms with E-state index < -0.39 is 70.7 Å². The topological polar surface area (TPSA) is 313 Å². The lowest BCUT2D eigenvalue weighted by Crippen LogP contribution is -2.55. The molecule has 444 valence electrons. The SMILES string of the molecule is CCOC(=O)[C@@H]1O[C@H]1C(=O)NC(CC(C)C)C(=O)N1CCN(Cc2ccc(OC)c(OC)c2OC)CC1.CCOC(=O)[C@@H]1O[C@H]1C(=O)NC(CC(C)C)C(=O)N1CCN(Cc2ccc(OC)c(OC)c2OC)CC1.O=S(=O)(O)O. The monoisotopic (exact) mass is 1140 g/mol. The zero-order chi connectivity index (χ0) is 58.7. The van der Waals surface area contributed by atoms with Gasteiger partial charge in [-0.25, -0.2) is 9.59 Å². The number of epoxide rings is 2. The van der Waals surface area contributed by atoms with Crippen molar-refractivity contribution in [3.05, 3.63) is 35.4 Å². The third-order valence-corrected chi connectivity index (χ3v) is 12.9. The standard InChI is InChI=1S/2C26H39N3O8.H2O4S/c2*1-7-36-26(32)23-22(37-23)24(30)27-18(14-16(2)3)25(31)29-12-10-28(11-13-29)15-17-8-9-19(33-4)21(35-6)20(17)34-5;1-5(2,3)4/h2*8-9,16,18,22-23H,7,10-15H2,1-6H3,(H,27,30);(H2,1,2,3,4)/t2*18?,22-,23-;/m11./s1. The second-order valence-corrected chi connectivity index (χ2v) is 20.4. The number of carbonyl (C=O) groups is 6. The lowest BCUT2D eigenvalue weighted by atomic mass is 10.0. The fourth-order valence-electron chi connectivity index (χ4n) is 9.08. The molecule has 4 N–H and O–H groups in total. The van der Waals surface area contributed by atoms with Crippen LogP contribution in [0.4, 0.5) is 0 Å². The number of nitrogens with one attached hydrogen (secondary N) is 2. The van der Waals surface area contributed by atoms with Gasteiger partial charge in [-0.2, -0.15) is 8.42 Å². The smallest absolute Gasteiger partial charge is 0.394 e. The van der Waals surface area contributed by atoms with Gasteiger partial charge in [-0.15, -0.1) is 0 Å². The summed E-state index contributed by atoms with van der Waals surface area (Å²) >= 11 is 0. The summed E-state index contributed by atoms with van der Waals surface area (Å²) in [6, 6.07) is 6.25. The van der Waals surface area contributed by atoms with Crippen LogP contribution in [0.3, 0.4) is 0 Å². The predicted molar refractivity (Wildman–Crippen MR) is 283 cm³/mol. The molecule has 4 amide bonds. The Balaban J connectivity index is 0.000000313. The van der Waals surface area contributed by atoms with Gasteiger partial charge in [0.05, 0.1) is 55.9 Å². The van der Waals surface area contributed by atoms with E-state index in [1.165, 1.54) is 0 Å². The normalized spacial score (nSPS) is 19.7. The van der Waals surface area contributed by atoms with Crippen LogP contribution < -0.4 is 39.1 Å². The molecule has 26 nitrogen and oxygen atoms in total. The molecule has 4 heterocycles. The van der Waals surface area contributed by atoms with Gasteiger partial charge in [-0.1, -0.05) is 39.8 Å². The largest absolute Gasteiger partial charge is 0.493 e. The van der Waals surface area contributed by atoms with E-state index in [1.54, 1.807) is 66.3 Å². The number of hydrogen-bond acceptors (Lipinski definition) is 20. The van der Waals surface area contributed by atoms with Crippen molar-refractivity contribution >= 4 is 46.0 Å². The van der Waals surface area contributed by atoms with Gasteiger partial charge in [-0.3, -0.25) is 38.1 Å². The van der Waals surface area contributed by atoms with E-state index in [1.807, 2.05) is 52.0 Å². The Morgan fingerprint density at radius 1 is 0.532 bits per heavy atom. The number of hydrogen-bond donors (Lipinski definition) is 4. The van der Waals surface area contributed by atoms with E-state index in [0.717, 1.165) is 11.1 Å². The van der Waals surface area contributed by atoms with E-state index >= 15 is 0 Å². The van der Waals surface area contributed by atoms with E-state index in [4.69, 9.17) is 64.9 Å². The van der Waals surface area contributed by atoms with Crippen LogP contribution in [-0.2, 0) is 71.2 Å². The van der Waals surface area contributed by atoms with Crippen LogP contribution in [0, 0.1) is 11.8 Å². The minimum Gasteiger partial charge on any atom is -0.493 e. The first kappa shape index (κ1) is 65.3. The highest BCUT2D eigenvalue weighted by atomic mass is 32.3. The first-order valence-corrected chi connectivity index (χ1v) is 27.4. The van der Waals surface area contributed by atoms with Crippen LogP contribution in [-0.4, -0.2) is 217 Å². The summed E-state index contributed by atoms with van der Waals surface area (Å²) in [5.74, 6) is 1.64. The summed E-state index contributed by atoms with van der Waals surface area (Å²) in [5.41, 5.74) is 1.93. The minimum absolute atomic E-state index is 0.126. The molecule has 27 heteroatoms. The van der Waals surface area contributed by atoms with Gasteiger partial charge in [0.1, 0.15) is 12.1 Å². The first-order valence-electron chi connectivity index (χ1n) is 26.0. The lowest BCUT2D eigenvalue weighted by Gasteiger charge is -2.37. The fourth-order valence-corrected chi connectivity index (χ4v) is 9.08. The summed E-state index contributed by atoms with van der Waals surface area (Å²) in [4.78, 5) is 83.7. The van der Waals surface area contributed by atoms with E-state index in [9.17, 15) is 28.8 Å². The van der Waals surface area contributed by atoms with Crippen molar-refractivity contribution in [3.8, 4) is 34.5 Å². The lowest BCUT2D eigenvalue weighted by molar-refractivity contribution is -0.145. The Morgan fingerprint density at radius 3 is 1.11 bits per heavy atom. The van der Waals surface area contributed by atoms with Crippen LogP contribution in [0.25, 0.3) is 0 Å². The third-order valence-electron chi connectivity index (χ3n) is 12.9. The van der Waals surface area contributed by atoms with Gasteiger partial charge < -0.3 is 67.8 Å². The maximum Gasteiger partial charge on any atom is 0.394 e. The highest BCUT2D eigenvalue weighted by Gasteiger charge is 2.53. The molecule has 6 rings (SSSR count). The summed E-state index contributed by atoms with van der Waals surface area (Å²) in [6.45, 7) is 17.9. The van der Waals surface area contributed by atoms with Crippen LogP contribution in [0.2, 0.25) is 0 Å². The number of benzene rings is 2. The Kier molecular flexibility index (Phi) is 25.6. The Hall–Kier alpha value is -6.23. The molecule has 0 spiro atoms. The fraction of sp³-hybridized carbons (Fsp3) is 0.654. The van der Waals surface area contributed by atoms with Gasteiger partial charge in [0, 0.05) is 76.6 Å². The van der Waals surface area contributed by atoms with Crippen LogP contribution >= 0.6 is 0 Å². The van der Waals surface area contributed by atoms with Crippen LogP contribution in [0.1, 0.15) is 65.5 Å². The van der Waals surface area contributed by atoms with Gasteiger partial charge in [0.25, 0.3) is 11.8 Å². The molecule has 0 aromatic heterocycles. The van der Waals surface area contributed by atoms with Crippen molar-refractivity contribution < 1.29 is 93.7 Å². The molecular weight excluding hydrogens is 1060 g/mol. The number of piperazine rings is 2. The number of methoxy groups -OCH3 is 6. The second kappa shape index (κ2) is 30.9. The molecule has 2 aromatic rings. The van der Waals surface area contributed by atoms with Gasteiger partial charge in [-0.05, 0) is 50.7 Å². The number of ether oxygens (including phenoxy) is 10. The summed E-state index contributed by atoms with van der Waals surface area (Å²) < 4.78 is 84.7. The highest BCUT2D eigenvalue weighted by Crippen LogP contribution is 2.41. The highest BCUT2D eigenvalue weighted by molar-refractivity contribution is 7.79. The number of carbonyl (C=O) groups excluding carboxylic acids is 6. The van der Waals surface area contributed by atoms with Crippen LogP contribution in [0.15, 0.2) is 24.3 Å². The summed E-state index contributed by atoms with van der Waals surface area (Å²) in [7, 11) is 4.85. The summed E-state index contributed by atoms with van der Waals surface area (Å²) in [5, 5.41) is 5.61. The molecule has 2 unspecified atom stereocenters. The maximum absolute atomic E-state index is 13.4. The van der Waals surface area contributed by atoms with Crippen molar-refractivity contribution in [3.63, 3.8) is 0 Å². The molecule has 0 bridgehead atoms. The summed E-state index contributed by atoms with van der Waals surface area (Å²) in [6.07, 6.45) is -2.63. The molecular formula is C52H80N6O20S. The molecule has 4 saturated heterocycles. The molecule has 2 aromatic carbocycles. The van der Waals surface area contributed by atoms with Crippen molar-refractivity contribution in [2.45, 2.75) is 104 Å². The predicted octanol–water partition coefficient (Wildman–Crippen LogP) is 1.78. The number of amides is 4. The Labute approximate surface area is 462 Å². The van der Waals surface area contributed by atoms with Gasteiger partial charge >= 0.3 is 22.3 Å². The average Bonchev–Trinajstić information content (AvgIpc) is 4.41. The third kappa shape index (κ3) is 19.5. The van der Waals surface area contributed by atoms with Crippen LogP contribution in [0.5, 0.6) is 34.5 Å². The molecule has 4 fully saturated rings. The van der Waals surface area contributed by atoms with Gasteiger partial charge in [0.2, 0.25) is 23.3 Å². The first-order chi connectivity index (χ1) is 37.5.